The molecule has 0 saturated heterocycles. The Morgan fingerprint density at radius 2 is 2.40 bits per heavy atom. The van der Waals surface area contributed by atoms with Crippen LogP contribution >= 0.6 is 0 Å². The van der Waals surface area contributed by atoms with Crippen molar-refractivity contribution in [2.45, 2.75) is 6.04 Å². The summed E-state index contributed by atoms with van der Waals surface area (Å²) in [5.74, 6) is -0.182. The summed E-state index contributed by atoms with van der Waals surface area (Å²) in [7, 11) is 0. The van der Waals surface area contributed by atoms with E-state index in [1.807, 2.05) is 0 Å². The van der Waals surface area contributed by atoms with Gasteiger partial charge in [-0.05, 0) is 0 Å². The van der Waals surface area contributed by atoms with Crippen molar-refractivity contribution in [3.63, 3.8) is 0 Å². The lowest BCUT2D eigenvalue weighted by molar-refractivity contribution is 0.267. The molecule has 10 heavy (non-hydrogen) atoms. The van der Waals surface area contributed by atoms with Crippen molar-refractivity contribution in [1.82, 2.24) is 0 Å². The Morgan fingerprint density at radius 3 is 2.80 bits per heavy atom. The molecular formula is C6H9NO3. The zero-order chi connectivity index (χ0) is 7.56. The summed E-state index contributed by atoms with van der Waals surface area (Å²) in [6.07, 6.45) is 1.32. The minimum Gasteiger partial charge on any atom is -0.481 e. The lowest BCUT2D eigenvalue weighted by Gasteiger charge is -2.01. The van der Waals surface area contributed by atoms with E-state index >= 15 is 0 Å². The molecule has 0 fully saturated rings. The van der Waals surface area contributed by atoms with Gasteiger partial charge in [0.2, 0.25) is 0 Å². The molecule has 0 bridgehead atoms. The highest BCUT2D eigenvalue weighted by Crippen LogP contribution is 2.17. The third-order valence-corrected chi connectivity index (χ3v) is 1.23. The zero-order valence-electron chi connectivity index (χ0n) is 5.32. The molecule has 0 aliphatic heterocycles. The van der Waals surface area contributed by atoms with Gasteiger partial charge in [-0.1, -0.05) is 0 Å². The Labute approximate surface area is 57.9 Å². The van der Waals surface area contributed by atoms with Crippen LogP contribution in [0.25, 0.3) is 0 Å². The van der Waals surface area contributed by atoms with Crippen LogP contribution in [0.3, 0.4) is 0 Å². The van der Waals surface area contributed by atoms with Crippen molar-refractivity contribution in [2.75, 3.05) is 6.61 Å². The first-order chi connectivity index (χ1) is 4.74. The lowest BCUT2D eigenvalue weighted by Crippen LogP contribution is -2.13. The van der Waals surface area contributed by atoms with E-state index in [1.54, 1.807) is 0 Å². The lowest BCUT2D eigenvalue weighted by atomic mass is 10.2. The van der Waals surface area contributed by atoms with Gasteiger partial charge in [0, 0.05) is 11.6 Å². The van der Waals surface area contributed by atoms with E-state index in [1.165, 1.54) is 12.3 Å². The first kappa shape index (κ1) is 7.11. The maximum atomic E-state index is 8.69. The molecule has 4 heteroatoms. The Balaban J connectivity index is 2.74. The highest BCUT2D eigenvalue weighted by Gasteiger charge is 2.07. The second-order valence-corrected chi connectivity index (χ2v) is 2.01. The minimum absolute atomic E-state index is 0.154. The largest absolute Gasteiger partial charge is 0.481 e. The third-order valence-electron chi connectivity index (χ3n) is 1.23. The van der Waals surface area contributed by atoms with Gasteiger partial charge in [0.15, 0.2) is 0 Å². The van der Waals surface area contributed by atoms with Crippen LogP contribution in [-0.2, 0) is 0 Å². The van der Waals surface area contributed by atoms with Gasteiger partial charge in [0.05, 0.1) is 18.9 Å². The van der Waals surface area contributed by atoms with Crippen LogP contribution < -0.4 is 5.73 Å². The van der Waals surface area contributed by atoms with Crippen LogP contribution in [0, 0.1) is 0 Å². The Bertz CT molecular complexity index is 209. The van der Waals surface area contributed by atoms with Crippen LogP contribution in [0.1, 0.15) is 11.6 Å². The van der Waals surface area contributed by atoms with Gasteiger partial charge in [0.25, 0.3) is 5.95 Å². The number of hydrogen-bond acceptors (Lipinski definition) is 4. The number of rotatable bonds is 2. The third kappa shape index (κ3) is 1.29. The van der Waals surface area contributed by atoms with Crippen LogP contribution in [-0.4, -0.2) is 16.8 Å². The summed E-state index contributed by atoms with van der Waals surface area (Å²) < 4.78 is 4.55. The quantitative estimate of drug-likeness (QED) is 0.543. The van der Waals surface area contributed by atoms with Crippen molar-refractivity contribution < 1.29 is 14.6 Å². The van der Waals surface area contributed by atoms with Gasteiger partial charge < -0.3 is 20.4 Å². The number of aliphatic hydroxyl groups excluding tert-OH is 1. The van der Waals surface area contributed by atoms with Crippen LogP contribution in [0.15, 0.2) is 16.7 Å². The predicted octanol–water partition coefficient (Wildman–Crippen LogP) is -0.0227. The Kier molecular flexibility index (Phi) is 1.94. The molecular weight excluding hydrogens is 134 g/mol. The van der Waals surface area contributed by atoms with E-state index in [0.717, 1.165) is 0 Å². The highest BCUT2D eigenvalue weighted by atomic mass is 16.5. The Morgan fingerprint density at radius 1 is 1.70 bits per heavy atom. The summed E-state index contributed by atoms with van der Waals surface area (Å²) in [5.41, 5.74) is 5.98. The first-order valence-corrected chi connectivity index (χ1v) is 2.88. The van der Waals surface area contributed by atoms with E-state index in [4.69, 9.17) is 15.9 Å². The molecule has 1 aromatic heterocycles. The molecule has 1 aromatic rings. The van der Waals surface area contributed by atoms with E-state index in [0.29, 0.717) is 5.56 Å². The maximum Gasteiger partial charge on any atom is 0.282 e. The maximum absolute atomic E-state index is 8.69. The normalized spacial score (nSPS) is 13.4. The van der Waals surface area contributed by atoms with Gasteiger partial charge in [0.1, 0.15) is 0 Å². The molecule has 0 amide bonds. The van der Waals surface area contributed by atoms with Gasteiger partial charge >= 0.3 is 0 Å². The molecule has 1 heterocycles. The fourth-order valence-corrected chi connectivity index (χ4v) is 0.639. The molecule has 0 spiro atoms. The molecule has 0 aliphatic carbocycles. The summed E-state index contributed by atoms with van der Waals surface area (Å²) in [5, 5.41) is 17.2. The number of furan rings is 1. The molecule has 0 radical (unpaired) electrons. The molecule has 1 unspecified atom stereocenters. The van der Waals surface area contributed by atoms with Gasteiger partial charge in [-0.15, -0.1) is 0 Å². The summed E-state index contributed by atoms with van der Waals surface area (Å²) in [4.78, 5) is 0. The van der Waals surface area contributed by atoms with Gasteiger partial charge in [-0.2, -0.15) is 0 Å². The van der Waals surface area contributed by atoms with Crippen molar-refractivity contribution in [3.8, 4) is 5.95 Å². The number of aliphatic hydroxyl groups is 1. The van der Waals surface area contributed by atoms with Gasteiger partial charge in [-0.3, -0.25) is 0 Å². The standard InChI is InChI=1S/C6H9NO3/c7-5(2-8)4-1-6(9)10-3-4/h1,3,5,8-9H,2,7H2. The van der Waals surface area contributed by atoms with Crippen molar-refractivity contribution in [1.29, 1.82) is 0 Å². The SMILES string of the molecule is NC(CO)c1coc(O)c1. The summed E-state index contributed by atoms with van der Waals surface area (Å²) >= 11 is 0. The smallest absolute Gasteiger partial charge is 0.282 e. The monoisotopic (exact) mass is 143 g/mol. The first-order valence-electron chi connectivity index (χ1n) is 2.88. The van der Waals surface area contributed by atoms with Crippen molar-refractivity contribution in [2.24, 2.45) is 5.73 Å². The fraction of sp³-hybridized carbons (Fsp3) is 0.333. The summed E-state index contributed by atoms with van der Waals surface area (Å²) in [6, 6.07) is 0.908. The number of hydrogen-bond donors (Lipinski definition) is 3. The summed E-state index contributed by atoms with van der Waals surface area (Å²) in [6.45, 7) is -0.154. The van der Waals surface area contributed by atoms with Crippen LogP contribution in [0.5, 0.6) is 5.95 Å². The highest BCUT2D eigenvalue weighted by molar-refractivity contribution is 5.19. The average Bonchev–Trinajstić information content (AvgIpc) is 2.34. The zero-order valence-corrected chi connectivity index (χ0v) is 5.32. The molecule has 1 rings (SSSR count). The van der Waals surface area contributed by atoms with E-state index in [9.17, 15) is 0 Å². The van der Waals surface area contributed by atoms with E-state index < -0.39 is 6.04 Å². The molecule has 4 N–H and O–H groups in total. The number of nitrogens with two attached hydrogens (primary N) is 1. The van der Waals surface area contributed by atoms with Crippen molar-refractivity contribution in [3.05, 3.63) is 17.9 Å². The van der Waals surface area contributed by atoms with Crippen LogP contribution in [0.4, 0.5) is 0 Å². The number of aromatic hydroxyl groups is 1. The second-order valence-electron chi connectivity index (χ2n) is 2.01. The van der Waals surface area contributed by atoms with Crippen molar-refractivity contribution >= 4 is 0 Å². The molecule has 1 atom stereocenters. The van der Waals surface area contributed by atoms with E-state index in [-0.39, 0.29) is 12.6 Å². The van der Waals surface area contributed by atoms with Gasteiger partial charge in [-0.25, -0.2) is 0 Å². The molecule has 56 valence electrons. The molecule has 0 saturated carbocycles. The molecule has 4 nitrogen and oxygen atoms in total. The minimum atomic E-state index is -0.468. The molecule has 0 aromatic carbocycles. The fourth-order valence-electron chi connectivity index (χ4n) is 0.639. The second kappa shape index (κ2) is 2.72. The average molecular weight is 143 g/mol. The molecule has 0 aliphatic rings. The topological polar surface area (TPSA) is 79.6 Å². The van der Waals surface area contributed by atoms with E-state index in [2.05, 4.69) is 4.42 Å². The van der Waals surface area contributed by atoms with Crippen LogP contribution in [0.2, 0.25) is 0 Å². The Hall–Kier alpha value is -1.00. The predicted molar refractivity (Wildman–Crippen MR) is 34.4 cm³/mol.